The molecule has 4 heterocycles. The van der Waals surface area contributed by atoms with Crippen molar-refractivity contribution in [1.82, 2.24) is 19.7 Å². The van der Waals surface area contributed by atoms with Gasteiger partial charge in [-0.2, -0.15) is 5.10 Å². The molecule has 0 N–H and O–H groups in total. The van der Waals surface area contributed by atoms with Crippen LogP contribution >= 0.6 is 11.8 Å². The third-order valence-electron chi connectivity index (χ3n) is 4.89. The van der Waals surface area contributed by atoms with Crippen LogP contribution < -0.4 is 0 Å². The Balaban J connectivity index is 1.25. The number of hydrogen-bond donors (Lipinski definition) is 0. The van der Waals surface area contributed by atoms with Crippen molar-refractivity contribution < 1.29 is 4.74 Å². The predicted octanol–water partition coefficient (Wildman–Crippen LogP) is 2.40. The van der Waals surface area contributed by atoms with Crippen molar-refractivity contribution in [2.75, 3.05) is 18.8 Å². The Hall–Kier alpha value is -1.37. The summed E-state index contributed by atoms with van der Waals surface area (Å²) < 4.78 is 8.51. The Bertz CT molecular complexity index is 696. The van der Waals surface area contributed by atoms with Gasteiger partial charge in [0.15, 0.2) is 0 Å². The molecule has 1 spiro atoms. The molecule has 2 aromatic rings. The summed E-state index contributed by atoms with van der Waals surface area (Å²) in [6.07, 6.45) is 5.23. The standard InChI is InChI=1S/C18H24N4OS/c1-14-6-16(21(2)20-14)9-22-12-18(13-22)7-17(11-24-18)23-10-15-4-3-5-19-8-15/h3-6,8,17H,7,9-13H2,1-2H3/t17-/m1/s1. The van der Waals surface area contributed by atoms with Crippen LogP contribution in [0.2, 0.25) is 0 Å². The Labute approximate surface area is 147 Å². The topological polar surface area (TPSA) is 43.2 Å². The third-order valence-corrected chi connectivity index (χ3v) is 6.47. The van der Waals surface area contributed by atoms with Crippen molar-refractivity contribution in [3.63, 3.8) is 0 Å². The summed E-state index contributed by atoms with van der Waals surface area (Å²) in [6, 6.07) is 6.23. The summed E-state index contributed by atoms with van der Waals surface area (Å²) in [5.74, 6) is 1.11. The molecule has 24 heavy (non-hydrogen) atoms. The zero-order chi connectivity index (χ0) is 16.6. The fourth-order valence-electron chi connectivity index (χ4n) is 3.75. The van der Waals surface area contributed by atoms with E-state index in [0.29, 0.717) is 17.5 Å². The van der Waals surface area contributed by atoms with Crippen LogP contribution in [-0.2, 0) is 24.9 Å². The van der Waals surface area contributed by atoms with E-state index in [1.807, 2.05) is 24.0 Å². The highest BCUT2D eigenvalue weighted by Gasteiger charge is 2.49. The zero-order valence-corrected chi connectivity index (χ0v) is 15.1. The van der Waals surface area contributed by atoms with Gasteiger partial charge in [-0.05, 0) is 31.0 Å². The largest absolute Gasteiger partial charge is 0.373 e. The molecule has 2 aliphatic rings. The maximum Gasteiger partial charge on any atom is 0.0736 e. The maximum atomic E-state index is 6.10. The SMILES string of the molecule is Cc1cc(CN2CC3(C[C@@H](OCc4cccnc4)CS3)C2)n(C)n1. The number of ether oxygens (including phenoxy) is 1. The molecule has 0 aromatic carbocycles. The second-order valence-electron chi connectivity index (χ2n) is 7.04. The van der Waals surface area contributed by atoms with E-state index in [1.165, 1.54) is 12.1 Å². The number of hydrogen-bond acceptors (Lipinski definition) is 5. The van der Waals surface area contributed by atoms with Gasteiger partial charge in [0.1, 0.15) is 0 Å². The van der Waals surface area contributed by atoms with Crippen LogP contribution in [-0.4, -0.2) is 49.4 Å². The summed E-state index contributed by atoms with van der Waals surface area (Å²) in [5, 5.41) is 4.44. The summed E-state index contributed by atoms with van der Waals surface area (Å²) >= 11 is 2.09. The summed E-state index contributed by atoms with van der Waals surface area (Å²) in [7, 11) is 2.03. The number of aryl methyl sites for hydroxylation is 2. The molecular weight excluding hydrogens is 320 g/mol. The molecule has 2 fully saturated rings. The van der Waals surface area contributed by atoms with Gasteiger partial charge in [0.05, 0.1) is 24.1 Å². The van der Waals surface area contributed by atoms with Gasteiger partial charge in [-0.3, -0.25) is 14.6 Å². The molecule has 0 radical (unpaired) electrons. The smallest absolute Gasteiger partial charge is 0.0736 e. The monoisotopic (exact) mass is 344 g/mol. The minimum Gasteiger partial charge on any atom is -0.373 e. The highest BCUT2D eigenvalue weighted by molar-refractivity contribution is 8.01. The van der Waals surface area contributed by atoms with Crippen molar-refractivity contribution in [1.29, 1.82) is 0 Å². The molecule has 0 amide bonds. The molecule has 1 atom stereocenters. The molecule has 2 aromatic heterocycles. The van der Waals surface area contributed by atoms with Crippen LogP contribution in [0.1, 0.15) is 23.4 Å². The number of nitrogens with zero attached hydrogens (tertiary/aromatic N) is 4. The average molecular weight is 344 g/mol. The van der Waals surface area contributed by atoms with Crippen LogP contribution in [0.25, 0.3) is 0 Å². The van der Waals surface area contributed by atoms with Gasteiger partial charge in [0, 0.05) is 49.6 Å². The second-order valence-corrected chi connectivity index (χ2v) is 8.53. The first-order chi connectivity index (χ1) is 11.6. The van der Waals surface area contributed by atoms with Crippen molar-refractivity contribution in [3.8, 4) is 0 Å². The van der Waals surface area contributed by atoms with E-state index in [0.717, 1.165) is 36.6 Å². The average Bonchev–Trinajstić information content (AvgIpc) is 3.10. The molecule has 0 saturated carbocycles. The van der Waals surface area contributed by atoms with Crippen molar-refractivity contribution in [2.45, 2.75) is 37.3 Å². The number of pyridine rings is 1. The van der Waals surface area contributed by atoms with Gasteiger partial charge in [0.2, 0.25) is 0 Å². The summed E-state index contributed by atoms with van der Waals surface area (Å²) in [5.41, 5.74) is 3.56. The van der Waals surface area contributed by atoms with E-state index in [2.05, 4.69) is 45.8 Å². The summed E-state index contributed by atoms with van der Waals surface area (Å²) in [4.78, 5) is 6.67. The number of thioether (sulfide) groups is 1. The van der Waals surface area contributed by atoms with Crippen molar-refractivity contribution >= 4 is 11.8 Å². The van der Waals surface area contributed by atoms with Gasteiger partial charge < -0.3 is 4.74 Å². The van der Waals surface area contributed by atoms with Gasteiger partial charge in [-0.15, -0.1) is 11.8 Å². The Morgan fingerprint density at radius 2 is 2.29 bits per heavy atom. The van der Waals surface area contributed by atoms with E-state index in [9.17, 15) is 0 Å². The van der Waals surface area contributed by atoms with Gasteiger partial charge in [-0.1, -0.05) is 6.07 Å². The molecular formula is C18H24N4OS. The van der Waals surface area contributed by atoms with Crippen LogP contribution in [0.15, 0.2) is 30.6 Å². The van der Waals surface area contributed by atoms with Gasteiger partial charge in [-0.25, -0.2) is 0 Å². The lowest BCUT2D eigenvalue weighted by Gasteiger charge is -2.47. The first-order valence-corrected chi connectivity index (χ1v) is 9.47. The molecule has 0 unspecified atom stereocenters. The minimum atomic E-state index is 0.372. The van der Waals surface area contributed by atoms with Gasteiger partial charge in [0.25, 0.3) is 0 Å². The lowest BCUT2D eigenvalue weighted by Crippen LogP contribution is -2.58. The molecule has 128 valence electrons. The zero-order valence-electron chi connectivity index (χ0n) is 14.3. The predicted molar refractivity (Wildman–Crippen MR) is 95.8 cm³/mol. The Kier molecular flexibility index (Phi) is 4.37. The molecule has 4 rings (SSSR count). The van der Waals surface area contributed by atoms with E-state index >= 15 is 0 Å². The number of rotatable bonds is 5. The fraction of sp³-hybridized carbons (Fsp3) is 0.556. The first-order valence-electron chi connectivity index (χ1n) is 8.48. The highest BCUT2D eigenvalue weighted by atomic mass is 32.2. The third kappa shape index (κ3) is 3.36. The normalized spacial score (nSPS) is 22.8. The quantitative estimate of drug-likeness (QED) is 0.833. The van der Waals surface area contributed by atoms with E-state index in [-0.39, 0.29) is 0 Å². The van der Waals surface area contributed by atoms with Crippen LogP contribution in [0.4, 0.5) is 0 Å². The first kappa shape index (κ1) is 16.1. The Morgan fingerprint density at radius 3 is 3.00 bits per heavy atom. The summed E-state index contributed by atoms with van der Waals surface area (Å²) in [6.45, 7) is 6.05. The molecule has 2 saturated heterocycles. The molecule has 5 nitrogen and oxygen atoms in total. The Morgan fingerprint density at radius 1 is 1.42 bits per heavy atom. The molecule has 0 bridgehead atoms. The minimum absolute atomic E-state index is 0.372. The van der Waals surface area contributed by atoms with E-state index in [1.54, 1.807) is 6.20 Å². The number of likely N-dealkylation sites (tertiary alicyclic amines) is 1. The molecule has 2 aliphatic heterocycles. The number of aromatic nitrogens is 3. The highest BCUT2D eigenvalue weighted by Crippen LogP contribution is 2.46. The lowest BCUT2D eigenvalue weighted by molar-refractivity contribution is 0.0258. The molecule has 6 heteroatoms. The van der Waals surface area contributed by atoms with Crippen molar-refractivity contribution in [3.05, 3.63) is 47.5 Å². The van der Waals surface area contributed by atoms with E-state index < -0.39 is 0 Å². The van der Waals surface area contributed by atoms with Crippen molar-refractivity contribution in [2.24, 2.45) is 7.05 Å². The maximum absolute atomic E-state index is 6.10. The van der Waals surface area contributed by atoms with E-state index in [4.69, 9.17) is 4.74 Å². The lowest BCUT2D eigenvalue weighted by atomic mass is 9.93. The fourth-order valence-corrected chi connectivity index (χ4v) is 5.35. The van der Waals surface area contributed by atoms with Crippen LogP contribution in [0.3, 0.4) is 0 Å². The molecule has 0 aliphatic carbocycles. The van der Waals surface area contributed by atoms with Crippen LogP contribution in [0, 0.1) is 6.92 Å². The second kappa shape index (κ2) is 6.50. The van der Waals surface area contributed by atoms with Gasteiger partial charge >= 0.3 is 0 Å². The van der Waals surface area contributed by atoms with Crippen LogP contribution in [0.5, 0.6) is 0 Å².